The van der Waals surface area contributed by atoms with E-state index in [-0.39, 0.29) is 23.8 Å². The van der Waals surface area contributed by atoms with E-state index in [4.69, 9.17) is 4.98 Å². The van der Waals surface area contributed by atoms with Gasteiger partial charge in [-0.3, -0.25) is 14.4 Å². The monoisotopic (exact) mass is 571 g/mol. The maximum Gasteiger partial charge on any atom is 0.247 e. The molecule has 1 aromatic heterocycles. The van der Waals surface area contributed by atoms with Crippen LogP contribution in [0.1, 0.15) is 54.7 Å². The molecule has 2 saturated heterocycles. The zero-order valence-corrected chi connectivity index (χ0v) is 24.1. The number of carbonyl (C=O) groups excluding carboxylic acids is 3. The van der Waals surface area contributed by atoms with Crippen LogP contribution < -0.4 is 5.32 Å². The molecule has 2 N–H and O–H groups in total. The highest BCUT2D eigenvalue weighted by Crippen LogP contribution is 2.35. The number of aromatic nitrogens is 2. The average Bonchev–Trinajstić information content (AvgIpc) is 3.75. The Hall–Kier alpha value is -5.16. The van der Waals surface area contributed by atoms with Crippen LogP contribution in [0.25, 0.3) is 11.0 Å². The predicted molar refractivity (Wildman–Crippen MR) is 166 cm³/mol. The third-order valence-electron chi connectivity index (χ3n) is 8.11. The summed E-state index contributed by atoms with van der Waals surface area (Å²) < 4.78 is 0. The molecule has 3 aromatic carbocycles. The van der Waals surface area contributed by atoms with Gasteiger partial charge < -0.3 is 20.1 Å². The van der Waals surface area contributed by atoms with Crippen molar-refractivity contribution in [2.24, 2.45) is 0 Å². The first-order valence-corrected chi connectivity index (χ1v) is 14.6. The number of nitrogens with zero attached hydrogens (tertiary/aromatic N) is 3. The molecule has 0 bridgehead atoms. The number of likely N-dealkylation sites (tertiary alicyclic amines) is 2. The summed E-state index contributed by atoms with van der Waals surface area (Å²) in [6.45, 7) is 6.99. The van der Waals surface area contributed by atoms with Gasteiger partial charge in [-0.15, -0.1) is 0 Å². The van der Waals surface area contributed by atoms with E-state index in [1.165, 1.54) is 6.92 Å². The second-order valence-electron chi connectivity index (χ2n) is 11.1. The zero-order valence-electron chi connectivity index (χ0n) is 24.1. The fourth-order valence-electron chi connectivity index (χ4n) is 5.89. The number of rotatable bonds is 5. The van der Waals surface area contributed by atoms with E-state index in [1.54, 1.807) is 4.90 Å². The lowest BCUT2D eigenvalue weighted by Gasteiger charge is -2.23. The van der Waals surface area contributed by atoms with Crippen molar-refractivity contribution in [1.82, 2.24) is 19.8 Å². The highest BCUT2D eigenvalue weighted by molar-refractivity contribution is 5.97. The maximum absolute atomic E-state index is 13.2. The van der Waals surface area contributed by atoms with E-state index >= 15 is 0 Å². The van der Waals surface area contributed by atoms with Crippen LogP contribution in [0.4, 0.5) is 5.69 Å². The Kier molecular flexibility index (Phi) is 7.80. The molecule has 0 spiro atoms. The first-order valence-electron chi connectivity index (χ1n) is 14.6. The van der Waals surface area contributed by atoms with Crippen LogP contribution in [0.5, 0.6) is 0 Å². The number of anilines is 1. The fraction of sp³-hybridized carbons (Fsp3) is 0.257. The van der Waals surface area contributed by atoms with E-state index in [0.717, 1.165) is 46.1 Å². The summed E-state index contributed by atoms with van der Waals surface area (Å²) >= 11 is 0. The van der Waals surface area contributed by atoms with Crippen molar-refractivity contribution < 1.29 is 14.4 Å². The molecule has 6 rings (SSSR count). The number of fused-ring (bicyclic) bond motifs is 1. The molecule has 2 aliphatic heterocycles. The van der Waals surface area contributed by atoms with E-state index in [1.807, 2.05) is 77.7 Å². The van der Waals surface area contributed by atoms with Gasteiger partial charge >= 0.3 is 0 Å². The minimum atomic E-state index is -0.417. The number of hydrogen-bond acceptors (Lipinski definition) is 4. The van der Waals surface area contributed by atoms with Gasteiger partial charge in [0.2, 0.25) is 17.7 Å². The van der Waals surface area contributed by atoms with Gasteiger partial charge in [0.15, 0.2) is 0 Å². The number of imidazole rings is 1. The smallest absolute Gasteiger partial charge is 0.247 e. The molecule has 2 fully saturated rings. The molecule has 3 amide bonds. The first kappa shape index (κ1) is 28.0. The third kappa shape index (κ3) is 6.07. The Labute approximate surface area is 250 Å². The van der Waals surface area contributed by atoms with Gasteiger partial charge in [-0.05, 0) is 72.9 Å². The molecule has 0 radical (unpaired) electrons. The second kappa shape index (κ2) is 12.0. The maximum atomic E-state index is 13.2. The molecule has 0 aliphatic carbocycles. The Balaban J connectivity index is 1.13. The summed E-state index contributed by atoms with van der Waals surface area (Å²) in [6.07, 6.45) is 2.60. The van der Waals surface area contributed by atoms with Gasteiger partial charge in [0.25, 0.3) is 0 Å². The second-order valence-corrected chi connectivity index (χ2v) is 11.1. The summed E-state index contributed by atoms with van der Waals surface area (Å²) in [4.78, 5) is 49.4. The lowest BCUT2D eigenvalue weighted by Crippen LogP contribution is -2.42. The van der Waals surface area contributed by atoms with Crippen LogP contribution in [-0.2, 0) is 20.8 Å². The fourth-order valence-corrected chi connectivity index (χ4v) is 5.89. The molecule has 3 heterocycles. The van der Waals surface area contributed by atoms with Gasteiger partial charge in [-0.25, -0.2) is 4.98 Å². The Morgan fingerprint density at radius 3 is 2.49 bits per heavy atom. The topological polar surface area (TPSA) is 98.4 Å². The molecule has 43 heavy (non-hydrogen) atoms. The normalized spacial score (nSPS) is 18.0. The van der Waals surface area contributed by atoms with Crippen molar-refractivity contribution in [3.63, 3.8) is 0 Å². The highest BCUT2D eigenvalue weighted by atomic mass is 16.2. The van der Waals surface area contributed by atoms with Crippen LogP contribution in [0.15, 0.2) is 84.9 Å². The highest BCUT2D eigenvalue weighted by Gasteiger charge is 2.35. The van der Waals surface area contributed by atoms with Crippen molar-refractivity contribution >= 4 is 34.4 Å². The number of benzene rings is 3. The minimum absolute atomic E-state index is 0.0593. The van der Waals surface area contributed by atoms with Crippen molar-refractivity contribution in [2.75, 3.05) is 18.4 Å². The van der Waals surface area contributed by atoms with E-state index < -0.39 is 6.04 Å². The molecule has 8 heteroatoms. The summed E-state index contributed by atoms with van der Waals surface area (Å²) in [7, 11) is 0. The predicted octanol–water partition coefficient (Wildman–Crippen LogP) is 4.98. The lowest BCUT2D eigenvalue weighted by molar-refractivity contribution is -0.134. The molecule has 2 aliphatic rings. The number of nitrogens with one attached hydrogen (secondary N) is 2. The van der Waals surface area contributed by atoms with Gasteiger partial charge in [0, 0.05) is 36.8 Å². The number of amides is 3. The SMILES string of the molecule is C=C1CCN(C(=O)Cc2ccccc2)C1c1nc2ccc(C#Cc3ccc(NC(=O)C4CCCN4C(C)=O)cc3)cc2[nH]1. The van der Waals surface area contributed by atoms with Crippen LogP contribution in [0.3, 0.4) is 0 Å². The Morgan fingerprint density at radius 2 is 1.72 bits per heavy atom. The van der Waals surface area contributed by atoms with Crippen LogP contribution in [0.2, 0.25) is 0 Å². The number of carbonyl (C=O) groups is 3. The molecule has 2 unspecified atom stereocenters. The lowest BCUT2D eigenvalue weighted by atomic mass is 10.1. The number of H-pyrrole nitrogens is 1. The van der Waals surface area contributed by atoms with Gasteiger partial charge in [-0.1, -0.05) is 48.8 Å². The van der Waals surface area contributed by atoms with Crippen LogP contribution >= 0.6 is 0 Å². The summed E-state index contributed by atoms with van der Waals surface area (Å²) in [6, 6.07) is 22.2. The van der Waals surface area contributed by atoms with Crippen LogP contribution in [0, 0.1) is 11.8 Å². The molecule has 8 nitrogen and oxygen atoms in total. The van der Waals surface area contributed by atoms with E-state index in [2.05, 4.69) is 28.7 Å². The van der Waals surface area contributed by atoms with Gasteiger partial charge in [0.1, 0.15) is 17.9 Å². The quantitative estimate of drug-likeness (QED) is 0.261. The van der Waals surface area contributed by atoms with Crippen molar-refractivity contribution in [2.45, 2.75) is 44.7 Å². The zero-order chi connectivity index (χ0) is 29.9. The molecular weight excluding hydrogens is 538 g/mol. The first-order chi connectivity index (χ1) is 20.9. The van der Waals surface area contributed by atoms with Crippen molar-refractivity contribution in [3.05, 3.63) is 107 Å². The minimum Gasteiger partial charge on any atom is -0.340 e. The number of hydrogen-bond donors (Lipinski definition) is 2. The van der Waals surface area contributed by atoms with Crippen LogP contribution in [-0.4, -0.2) is 56.6 Å². The molecule has 4 aromatic rings. The number of aromatic amines is 1. The largest absolute Gasteiger partial charge is 0.340 e. The van der Waals surface area contributed by atoms with E-state index in [0.29, 0.717) is 37.4 Å². The van der Waals surface area contributed by atoms with Crippen molar-refractivity contribution in [1.29, 1.82) is 0 Å². The summed E-state index contributed by atoms with van der Waals surface area (Å²) in [5.74, 6) is 6.92. The molecular formula is C35H33N5O3. The third-order valence-corrected chi connectivity index (χ3v) is 8.11. The van der Waals surface area contributed by atoms with Gasteiger partial charge in [0.05, 0.1) is 17.5 Å². The molecule has 216 valence electrons. The molecule has 0 saturated carbocycles. The van der Waals surface area contributed by atoms with E-state index in [9.17, 15) is 14.4 Å². The summed E-state index contributed by atoms with van der Waals surface area (Å²) in [5, 5.41) is 2.92. The Morgan fingerprint density at radius 1 is 0.977 bits per heavy atom. The average molecular weight is 572 g/mol. The van der Waals surface area contributed by atoms with Gasteiger partial charge in [-0.2, -0.15) is 0 Å². The molecule has 2 atom stereocenters. The summed E-state index contributed by atoms with van der Waals surface area (Å²) in [5.41, 5.74) is 5.92. The standard InChI is InChI=1S/C35H33N5O3/c1-23-18-20-40(32(42)22-26-7-4-3-5-8-26)33(23)34-37-29-17-14-27(21-30(29)38-34)11-10-25-12-15-28(16-13-25)36-35(43)31-9-6-19-39(31)24(2)41/h3-5,7-8,12-17,21,31,33H,1,6,9,18-20,22H2,2H3,(H,36,43)(H,37,38). The van der Waals surface area contributed by atoms with Crippen molar-refractivity contribution in [3.8, 4) is 11.8 Å². The Bertz CT molecular complexity index is 1760.